The summed E-state index contributed by atoms with van der Waals surface area (Å²) >= 11 is 0. The summed E-state index contributed by atoms with van der Waals surface area (Å²) in [7, 11) is -0.969. The van der Waals surface area contributed by atoms with E-state index >= 15 is 0 Å². The van der Waals surface area contributed by atoms with Crippen LogP contribution in [0, 0.1) is 0 Å². The van der Waals surface area contributed by atoms with E-state index in [1.54, 1.807) is 0 Å². The Hall–Kier alpha value is -1.78. The molecule has 182 valence electrons. The number of hydrogen-bond donors (Lipinski definition) is 0. The monoisotopic (exact) mass is 474 g/mol. The second-order valence-corrected chi connectivity index (χ2v) is 11.0. The number of hydrogen-bond acceptors (Lipinski definition) is 5. The van der Waals surface area contributed by atoms with Crippen LogP contribution in [0.25, 0.3) is 0 Å². The molecule has 1 fully saturated rings. The molecule has 1 aliphatic rings. The first-order valence-electron chi connectivity index (χ1n) is 11.7. The van der Waals surface area contributed by atoms with Gasteiger partial charge in [0.1, 0.15) is 5.60 Å². The minimum Gasteiger partial charge on any atom is -0.460 e. The van der Waals surface area contributed by atoms with E-state index in [2.05, 4.69) is 24.3 Å². The molecule has 0 aromatic heterocycles. The zero-order chi connectivity index (χ0) is 24.5. The molecular weight excluding hydrogens is 435 g/mol. The molecule has 0 amide bonds. The second kappa shape index (κ2) is 12.6. The van der Waals surface area contributed by atoms with Gasteiger partial charge in [-0.15, -0.1) is 0 Å². The van der Waals surface area contributed by atoms with Gasteiger partial charge in [0.05, 0.1) is 33.4 Å². The molecule has 0 spiro atoms. The van der Waals surface area contributed by atoms with Crippen LogP contribution in [0.5, 0.6) is 0 Å². The third kappa shape index (κ3) is 9.54. The van der Waals surface area contributed by atoms with Gasteiger partial charge in [-0.2, -0.15) is 0 Å². The fourth-order valence-electron chi connectivity index (χ4n) is 3.60. The quantitative estimate of drug-likeness (QED) is 0.380. The van der Waals surface area contributed by atoms with E-state index < -0.39 is 19.5 Å². The van der Waals surface area contributed by atoms with E-state index in [4.69, 9.17) is 18.7 Å². The summed E-state index contributed by atoms with van der Waals surface area (Å²) in [5.41, 5.74) is -0.512. The van der Waals surface area contributed by atoms with Crippen molar-refractivity contribution >= 4 is 24.7 Å². The lowest BCUT2D eigenvalue weighted by Crippen LogP contribution is -2.47. The number of carbonyl (C=O) groups excluding carboxylic acids is 1. The van der Waals surface area contributed by atoms with Gasteiger partial charge in [-0.3, -0.25) is 4.79 Å². The zero-order valence-electron chi connectivity index (χ0n) is 21.0. The van der Waals surface area contributed by atoms with Crippen LogP contribution in [-0.2, 0) is 23.5 Å². The molecular formula is C27H39O5P. The minimum atomic E-state index is -0.969. The van der Waals surface area contributed by atoms with Crippen LogP contribution in [0.1, 0.15) is 61.3 Å². The maximum absolute atomic E-state index is 12.3. The molecule has 1 heterocycles. The van der Waals surface area contributed by atoms with Gasteiger partial charge in [0, 0.05) is 17.0 Å². The van der Waals surface area contributed by atoms with Gasteiger partial charge < -0.3 is 18.7 Å². The molecule has 0 aliphatic carbocycles. The van der Waals surface area contributed by atoms with E-state index in [-0.39, 0.29) is 24.6 Å². The number of carbonyl (C=O) groups is 1. The minimum absolute atomic E-state index is 0.173. The summed E-state index contributed by atoms with van der Waals surface area (Å²) in [4.78, 5) is 12.3. The molecule has 3 rings (SSSR count). The van der Waals surface area contributed by atoms with Gasteiger partial charge >= 0.3 is 5.97 Å². The van der Waals surface area contributed by atoms with Crippen LogP contribution in [0.3, 0.4) is 0 Å². The first-order chi connectivity index (χ1) is 15.6. The Morgan fingerprint density at radius 2 is 1.42 bits per heavy atom. The lowest BCUT2D eigenvalue weighted by Gasteiger charge is -2.41. The average Bonchev–Trinajstić information content (AvgIpc) is 2.74. The summed E-state index contributed by atoms with van der Waals surface area (Å²) in [5.74, 6) is -1.05. The maximum atomic E-state index is 12.3. The van der Waals surface area contributed by atoms with E-state index in [0.29, 0.717) is 13.0 Å². The zero-order valence-corrected chi connectivity index (χ0v) is 21.9. The molecule has 5 nitrogen and oxygen atoms in total. The summed E-state index contributed by atoms with van der Waals surface area (Å²) in [6, 6.07) is 20.5. The van der Waals surface area contributed by atoms with E-state index in [1.165, 1.54) is 0 Å². The van der Waals surface area contributed by atoms with Gasteiger partial charge in [-0.05, 0) is 34.6 Å². The Labute approximate surface area is 200 Å². The van der Waals surface area contributed by atoms with Crippen LogP contribution in [0.2, 0.25) is 0 Å². The predicted octanol–water partition coefficient (Wildman–Crippen LogP) is 5.72. The highest BCUT2D eigenvalue weighted by molar-refractivity contribution is 7.68. The van der Waals surface area contributed by atoms with Crippen molar-refractivity contribution in [2.24, 2.45) is 0 Å². The third-order valence-electron chi connectivity index (χ3n) is 4.61. The standard InChI is InChI=1S/C25H33O5P.C2H6/c1-24(2,3)30-23(26)17-19-16-20(29-25(4,5)28-19)18-27-31(21-12-8-6-9-13-21)22-14-10-7-11-15-22;1-2/h6-15,19-20H,16-18H2,1-5H3;1-2H3. The summed E-state index contributed by atoms with van der Waals surface area (Å²) in [5, 5.41) is 2.31. The Morgan fingerprint density at radius 3 is 1.91 bits per heavy atom. The molecule has 0 radical (unpaired) electrons. The van der Waals surface area contributed by atoms with Crippen LogP contribution in [0.4, 0.5) is 0 Å². The van der Waals surface area contributed by atoms with Crippen molar-refractivity contribution in [3.8, 4) is 0 Å². The summed E-state index contributed by atoms with van der Waals surface area (Å²) in [6.07, 6.45) is 0.336. The molecule has 0 N–H and O–H groups in total. The van der Waals surface area contributed by atoms with Gasteiger partial charge in [0.2, 0.25) is 0 Å². The van der Waals surface area contributed by atoms with Crippen LogP contribution < -0.4 is 10.6 Å². The van der Waals surface area contributed by atoms with Crippen molar-refractivity contribution in [3.63, 3.8) is 0 Å². The molecule has 0 saturated carbocycles. The molecule has 2 atom stereocenters. The summed E-state index contributed by atoms with van der Waals surface area (Å²) < 4.78 is 24.0. The first kappa shape index (κ1) is 27.5. The fourth-order valence-corrected chi connectivity index (χ4v) is 5.40. The van der Waals surface area contributed by atoms with Crippen molar-refractivity contribution in [3.05, 3.63) is 60.7 Å². The van der Waals surface area contributed by atoms with Gasteiger partial charge in [-0.25, -0.2) is 0 Å². The number of benzene rings is 2. The molecule has 2 aromatic rings. The van der Waals surface area contributed by atoms with Crippen molar-refractivity contribution < 1.29 is 23.5 Å². The lowest BCUT2D eigenvalue weighted by molar-refractivity contribution is -0.302. The highest BCUT2D eigenvalue weighted by Crippen LogP contribution is 2.37. The van der Waals surface area contributed by atoms with Gasteiger partial charge in [-0.1, -0.05) is 74.5 Å². The van der Waals surface area contributed by atoms with Crippen LogP contribution in [0.15, 0.2) is 60.7 Å². The highest BCUT2D eigenvalue weighted by atomic mass is 31.1. The van der Waals surface area contributed by atoms with Crippen molar-refractivity contribution in [2.45, 2.75) is 84.9 Å². The topological polar surface area (TPSA) is 54.0 Å². The third-order valence-corrected chi connectivity index (χ3v) is 6.55. The largest absolute Gasteiger partial charge is 0.460 e. The molecule has 0 bridgehead atoms. The molecule has 33 heavy (non-hydrogen) atoms. The van der Waals surface area contributed by atoms with Crippen LogP contribution >= 0.6 is 8.15 Å². The first-order valence-corrected chi connectivity index (χ1v) is 13.0. The second-order valence-electron chi connectivity index (χ2n) is 9.17. The van der Waals surface area contributed by atoms with Crippen LogP contribution in [-0.4, -0.2) is 36.2 Å². The van der Waals surface area contributed by atoms with Gasteiger partial charge in [0.25, 0.3) is 0 Å². The maximum Gasteiger partial charge on any atom is 0.308 e. The van der Waals surface area contributed by atoms with E-state index in [9.17, 15) is 4.79 Å². The molecule has 1 saturated heterocycles. The number of ether oxygens (including phenoxy) is 3. The predicted molar refractivity (Wildman–Crippen MR) is 135 cm³/mol. The van der Waals surface area contributed by atoms with Gasteiger partial charge in [0.15, 0.2) is 5.79 Å². The Balaban J connectivity index is 0.00000187. The average molecular weight is 475 g/mol. The summed E-state index contributed by atoms with van der Waals surface area (Å²) in [6.45, 7) is 13.8. The van der Waals surface area contributed by atoms with E-state index in [1.807, 2.05) is 84.9 Å². The van der Waals surface area contributed by atoms with E-state index in [0.717, 1.165) is 10.6 Å². The Morgan fingerprint density at radius 1 is 0.939 bits per heavy atom. The molecule has 1 aliphatic heterocycles. The fraction of sp³-hybridized carbons (Fsp3) is 0.519. The van der Waals surface area contributed by atoms with Crippen molar-refractivity contribution in [1.82, 2.24) is 0 Å². The normalized spacial score (nSPS) is 20.0. The Kier molecular flexibility index (Phi) is 10.5. The molecule has 6 heteroatoms. The number of rotatable bonds is 7. The number of esters is 1. The van der Waals surface area contributed by atoms with Crippen molar-refractivity contribution in [1.29, 1.82) is 0 Å². The lowest BCUT2D eigenvalue weighted by atomic mass is 10.1. The highest BCUT2D eigenvalue weighted by Gasteiger charge is 2.37. The Bertz CT molecular complexity index is 793. The molecule has 2 aromatic carbocycles. The smallest absolute Gasteiger partial charge is 0.308 e. The van der Waals surface area contributed by atoms with Crippen molar-refractivity contribution in [2.75, 3.05) is 6.61 Å². The molecule has 2 unspecified atom stereocenters. The SMILES string of the molecule is CC.CC(C)(C)OC(=O)CC1CC(COP(c2ccccc2)c2ccccc2)OC(C)(C)O1.